The minimum Gasteiger partial charge on any atom is -0.295 e. The van der Waals surface area contributed by atoms with E-state index >= 15 is 0 Å². The molecule has 2 nitrogen and oxygen atoms in total. The molecule has 7 aromatic carbocycles. The van der Waals surface area contributed by atoms with Gasteiger partial charge in [0.25, 0.3) is 0 Å². The van der Waals surface area contributed by atoms with Crippen LogP contribution >= 0.6 is 11.3 Å². The SMILES string of the molecule is c1ccc(N(c2ccc(-c3cc4c5ccccc5ccc4c4ccccc34)cc2)c2nccc3sc4ccccc4c23)cc1. The Kier molecular flexibility index (Phi) is 5.71. The third kappa shape index (κ3) is 3.90. The molecule has 9 aromatic rings. The van der Waals surface area contributed by atoms with Gasteiger partial charge in [-0.2, -0.15) is 0 Å². The highest BCUT2D eigenvalue weighted by Gasteiger charge is 2.20. The number of aromatic nitrogens is 1. The molecule has 0 spiro atoms. The van der Waals surface area contributed by atoms with Gasteiger partial charge in [-0.15, -0.1) is 11.3 Å². The number of hydrogen-bond donors (Lipinski definition) is 0. The van der Waals surface area contributed by atoms with Crippen LogP contribution in [0.5, 0.6) is 0 Å². The fraction of sp³-hybridized carbons (Fsp3) is 0. The van der Waals surface area contributed by atoms with E-state index in [1.807, 2.05) is 17.5 Å². The van der Waals surface area contributed by atoms with Crippen molar-refractivity contribution in [1.82, 2.24) is 4.98 Å². The van der Waals surface area contributed by atoms with Crippen LogP contribution in [0.2, 0.25) is 0 Å². The number of hydrogen-bond acceptors (Lipinski definition) is 3. The highest BCUT2D eigenvalue weighted by Crippen LogP contribution is 2.44. The minimum absolute atomic E-state index is 0.946. The predicted molar refractivity (Wildman–Crippen MR) is 190 cm³/mol. The molecule has 0 radical (unpaired) electrons. The van der Waals surface area contributed by atoms with Crippen LogP contribution < -0.4 is 4.90 Å². The molecule has 0 aliphatic heterocycles. The van der Waals surface area contributed by atoms with Crippen molar-refractivity contribution in [3.63, 3.8) is 0 Å². The summed E-state index contributed by atoms with van der Waals surface area (Å²) < 4.78 is 2.51. The van der Waals surface area contributed by atoms with Crippen LogP contribution in [0.1, 0.15) is 0 Å². The molecule has 9 rings (SSSR count). The van der Waals surface area contributed by atoms with Gasteiger partial charge in [-0.1, -0.05) is 109 Å². The lowest BCUT2D eigenvalue weighted by atomic mass is 9.91. The fourth-order valence-electron chi connectivity index (χ4n) is 6.68. The summed E-state index contributed by atoms with van der Waals surface area (Å²) in [6, 6.07) is 54.7. The van der Waals surface area contributed by atoms with Crippen LogP contribution in [-0.2, 0) is 0 Å². The Morgan fingerprint density at radius 2 is 1.11 bits per heavy atom. The van der Waals surface area contributed by atoms with E-state index in [4.69, 9.17) is 4.98 Å². The Morgan fingerprint density at radius 1 is 0.455 bits per heavy atom. The molecule has 3 heteroatoms. The fourth-order valence-corrected chi connectivity index (χ4v) is 7.78. The maximum Gasteiger partial charge on any atom is 0.146 e. The van der Waals surface area contributed by atoms with Crippen LogP contribution in [0, 0.1) is 0 Å². The zero-order valence-electron chi connectivity index (χ0n) is 23.8. The van der Waals surface area contributed by atoms with E-state index in [-0.39, 0.29) is 0 Å². The van der Waals surface area contributed by atoms with Crippen molar-refractivity contribution in [1.29, 1.82) is 0 Å². The normalized spacial score (nSPS) is 11.6. The number of rotatable bonds is 4. The maximum atomic E-state index is 5.00. The van der Waals surface area contributed by atoms with E-state index in [1.165, 1.54) is 63.6 Å². The quantitative estimate of drug-likeness (QED) is 0.193. The summed E-state index contributed by atoms with van der Waals surface area (Å²) >= 11 is 1.82. The third-order valence-corrected chi connectivity index (χ3v) is 9.83. The topological polar surface area (TPSA) is 16.1 Å². The van der Waals surface area contributed by atoms with E-state index in [2.05, 4.69) is 157 Å². The molecule has 0 aliphatic carbocycles. The molecule has 0 N–H and O–H groups in total. The monoisotopic (exact) mass is 578 g/mol. The Bertz CT molecular complexity index is 2490. The van der Waals surface area contributed by atoms with Crippen molar-refractivity contribution in [2.75, 3.05) is 4.90 Å². The molecule has 44 heavy (non-hydrogen) atoms. The van der Waals surface area contributed by atoms with Gasteiger partial charge >= 0.3 is 0 Å². The Morgan fingerprint density at radius 3 is 1.95 bits per heavy atom. The molecule has 0 fully saturated rings. The van der Waals surface area contributed by atoms with E-state index in [0.717, 1.165) is 17.2 Å². The molecule has 2 heterocycles. The van der Waals surface area contributed by atoms with Crippen molar-refractivity contribution < 1.29 is 0 Å². The first-order chi connectivity index (χ1) is 21.8. The molecule has 0 atom stereocenters. The summed E-state index contributed by atoms with van der Waals surface area (Å²) in [6.07, 6.45) is 1.93. The molecular formula is C41H26N2S. The number of fused-ring (bicyclic) bond motifs is 8. The van der Waals surface area contributed by atoms with Gasteiger partial charge in [0, 0.05) is 37.7 Å². The lowest BCUT2D eigenvalue weighted by molar-refractivity contribution is 1.20. The molecule has 0 saturated heterocycles. The molecule has 206 valence electrons. The van der Waals surface area contributed by atoms with Crippen LogP contribution in [0.25, 0.3) is 63.6 Å². The standard InChI is InChI=1S/C41H26N2S/c1-2-11-29(12-3-1)43(41-40-35-16-8-9-17-38(35)44-39(40)24-25-42-41)30-21-18-28(19-22-30)36-26-37-31-13-5-4-10-27(31)20-23-34(37)32-14-6-7-15-33(32)36/h1-26H. The van der Waals surface area contributed by atoms with Gasteiger partial charge < -0.3 is 0 Å². The second-order valence-electron chi connectivity index (χ2n) is 11.2. The van der Waals surface area contributed by atoms with Crippen molar-refractivity contribution in [3.05, 3.63) is 158 Å². The molecule has 2 aromatic heterocycles. The first-order valence-corrected chi connectivity index (χ1v) is 15.7. The summed E-state index contributed by atoms with van der Waals surface area (Å²) in [4.78, 5) is 7.29. The van der Waals surface area contributed by atoms with Crippen molar-refractivity contribution >= 4 is 81.0 Å². The van der Waals surface area contributed by atoms with Crippen LogP contribution in [0.15, 0.2) is 158 Å². The van der Waals surface area contributed by atoms with Crippen LogP contribution in [0.4, 0.5) is 17.2 Å². The third-order valence-electron chi connectivity index (χ3n) is 8.70. The van der Waals surface area contributed by atoms with Gasteiger partial charge in [-0.3, -0.25) is 4.90 Å². The Balaban J connectivity index is 1.25. The highest BCUT2D eigenvalue weighted by molar-refractivity contribution is 7.25. The van der Waals surface area contributed by atoms with Crippen molar-refractivity contribution in [2.45, 2.75) is 0 Å². The molecule has 0 amide bonds. The first kappa shape index (κ1) is 25.0. The zero-order valence-corrected chi connectivity index (χ0v) is 24.6. The number of anilines is 3. The van der Waals surface area contributed by atoms with E-state index < -0.39 is 0 Å². The van der Waals surface area contributed by atoms with E-state index in [9.17, 15) is 0 Å². The Hall–Kier alpha value is -5.51. The second-order valence-corrected chi connectivity index (χ2v) is 12.3. The number of nitrogens with zero attached hydrogens (tertiary/aromatic N) is 2. The van der Waals surface area contributed by atoms with Gasteiger partial charge in [0.2, 0.25) is 0 Å². The Labute approximate surface area is 259 Å². The van der Waals surface area contributed by atoms with Gasteiger partial charge in [-0.25, -0.2) is 4.98 Å². The highest BCUT2D eigenvalue weighted by atomic mass is 32.1. The van der Waals surface area contributed by atoms with Crippen LogP contribution in [-0.4, -0.2) is 4.98 Å². The summed E-state index contributed by atoms with van der Waals surface area (Å²) in [5.41, 5.74) is 4.59. The second kappa shape index (κ2) is 10.0. The average molecular weight is 579 g/mol. The largest absolute Gasteiger partial charge is 0.295 e. The lowest BCUT2D eigenvalue weighted by Crippen LogP contribution is -2.11. The molecular weight excluding hydrogens is 553 g/mol. The number of pyridine rings is 1. The maximum absolute atomic E-state index is 5.00. The summed E-state index contributed by atoms with van der Waals surface area (Å²) in [7, 11) is 0. The average Bonchev–Trinajstić information content (AvgIpc) is 3.48. The van der Waals surface area contributed by atoms with Crippen LogP contribution in [0.3, 0.4) is 0 Å². The van der Waals surface area contributed by atoms with E-state index in [1.54, 1.807) is 0 Å². The smallest absolute Gasteiger partial charge is 0.146 e. The summed E-state index contributed by atoms with van der Waals surface area (Å²) in [5, 5.41) is 10.1. The lowest BCUT2D eigenvalue weighted by Gasteiger charge is -2.25. The molecule has 0 saturated carbocycles. The number of benzene rings is 7. The van der Waals surface area contributed by atoms with Gasteiger partial charge in [0.05, 0.1) is 0 Å². The molecule has 0 unspecified atom stereocenters. The molecule has 0 bridgehead atoms. The minimum atomic E-state index is 0.946. The van der Waals surface area contributed by atoms with Crippen molar-refractivity contribution in [3.8, 4) is 11.1 Å². The predicted octanol–water partition coefficient (Wildman–Crippen LogP) is 12.0. The van der Waals surface area contributed by atoms with Crippen molar-refractivity contribution in [2.24, 2.45) is 0 Å². The summed E-state index contributed by atoms with van der Waals surface area (Å²) in [6.45, 7) is 0. The van der Waals surface area contributed by atoms with Gasteiger partial charge in [-0.05, 0) is 85.9 Å². The van der Waals surface area contributed by atoms with Gasteiger partial charge in [0.15, 0.2) is 0 Å². The number of thiophene rings is 1. The number of para-hydroxylation sites is 1. The summed E-state index contributed by atoms with van der Waals surface area (Å²) in [5.74, 6) is 0.946. The van der Waals surface area contributed by atoms with E-state index in [0.29, 0.717) is 0 Å². The first-order valence-electron chi connectivity index (χ1n) is 14.9. The van der Waals surface area contributed by atoms with Gasteiger partial charge in [0.1, 0.15) is 5.82 Å². The zero-order chi connectivity index (χ0) is 29.0. The molecule has 0 aliphatic rings.